The van der Waals surface area contributed by atoms with Gasteiger partial charge in [0, 0.05) is 30.7 Å². The number of nitrogens with zero attached hydrogens (tertiary/aromatic N) is 2. The second-order valence-electron chi connectivity index (χ2n) is 7.53. The molecule has 3 rings (SSSR count). The Kier molecular flexibility index (Phi) is 6.45. The number of hydrogen-bond acceptors (Lipinski definition) is 4. The zero-order valence-corrected chi connectivity index (χ0v) is 17.9. The molecule has 0 unspecified atom stereocenters. The van der Waals surface area contributed by atoms with Gasteiger partial charge in [0.2, 0.25) is 0 Å². The largest absolute Gasteiger partial charge is 0.508 e. The van der Waals surface area contributed by atoms with E-state index in [4.69, 9.17) is 4.74 Å². The number of aryl methyl sites for hydroxylation is 1. The molecule has 0 aliphatic carbocycles. The van der Waals surface area contributed by atoms with E-state index >= 15 is 0 Å². The number of carbonyl (C=O) groups is 2. The number of aromatic hydroxyl groups is 1. The number of esters is 1. The summed E-state index contributed by atoms with van der Waals surface area (Å²) in [5.74, 6) is -0.590. The van der Waals surface area contributed by atoms with Gasteiger partial charge in [-0.3, -0.25) is 4.79 Å². The van der Waals surface area contributed by atoms with E-state index < -0.39 is 12.0 Å². The van der Waals surface area contributed by atoms with Crippen molar-refractivity contribution in [2.75, 3.05) is 7.05 Å². The first-order chi connectivity index (χ1) is 14.3. The number of phenolic OH excluding ortho intramolecular Hbond substituents is 1. The Labute approximate surface area is 176 Å². The number of benzene rings is 2. The minimum absolute atomic E-state index is 0.0946. The molecular formula is C24H28N2O4. The maximum Gasteiger partial charge on any atom is 0.329 e. The second-order valence-corrected chi connectivity index (χ2v) is 7.53. The van der Waals surface area contributed by atoms with Gasteiger partial charge in [0.25, 0.3) is 5.91 Å². The van der Waals surface area contributed by atoms with Gasteiger partial charge in [0.1, 0.15) is 18.4 Å². The van der Waals surface area contributed by atoms with Gasteiger partial charge in [-0.15, -0.1) is 0 Å². The predicted molar refractivity (Wildman–Crippen MR) is 116 cm³/mol. The molecule has 2 aromatic carbocycles. The minimum atomic E-state index is -0.682. The highest BCUT2D eigenvalue weighted by Crippen LogP contribution is 2.29. The summed E-state index contributed by atoms with van der Waals surface area (Å²) in [6.07, 6.45) is 1.24. The number of amides is 1. The lowest BCUT2D eigenvalue weighted by Gasteiger charge is -2.26. The topological polar surface area (TPSA) is 71.8 Å². The van der Waals surface area contributed by atoms with Gasteiger partial charge in [-0.25, -0.2) is 4.79 Å². The van der Waals surface area contributed by atoms with E-state index in [2.05, 4.69) is 0 Å². The Balaban J connectivity index is 1.86. The van der Waals surface area contributed by atoms with Crippen molar-refractivity contribution in [1.82, 2.24) is 9.47 Å². The van der Waals surface area contributed by atoms with Crippen LogP contribution >= 0.6 is 0 Å². The van der Waals surface area contributed by atoms with E-state index in [0.717, 1.165) is 23.2 Å². The summed E-state index contributed by atoms with van der Waals surface area (Å²) in [6, 6.07) is 13.8. The lowest BCUT2D eigenvalue weighted by Crippen LogP contribution is -2.43. The van der Waals surface area contributed by atoms with Crippen molar-refractivity contribution in [1.29, 1.82) is 0 Å². The maximum atomic E-state index is 13.4. The molecule has 3 aromatic rings. The van der Waals surface area contributed by atoms with Gasteiger partial charge in [-0.05, 0) is 37.1 Å². The molecule has 0 fully saturated rings. The zero-order valence-electron chi connectivity index (χ0n) is 17.9. The van der Waals surface area contributed by atoms with Crippen LogP contribution in [0, 0.1) is 6.92 Å². The fraction of sp³-hybridized carbons (Fsp3) is 0.333. The van der Waals surface area contributed by atoms with Gasteiger partial charge in [0.15, 0.2) is 0 Å². The smallest absolute Gasteiger partial charge is 0.329 e. The predicted octanol–water partition coefficient (Wildman–Crippen LogP) is 4.18. The molecule has 30 heavy (non-hydrogen) atoms. The summed E-state index contributed by atoms with van der Waals surface area (Å²) >= 11 is 0. The molecule has 158 valence electrons. The summed E-state index contributed by atoms with van der Waals surface area (Å²) in [5.41, 5.74) is 3.01. The molecule has 0 aliphatic heterocycles. The van der Waals surface area contributed by atoms with Crippen LogP contribution in [0.2, 0.25) is 0 Å². The highest BCUT2D eigenvalue weighted by atomic mass is 16.5. The summed E-state index contributed by atoms with van der Waals surface area (Å²) in [5, 5.41) is 10.6. The van der Waals surface area contributed by atoms with Crippen molar-refractivity contribution < 1.29 is 19.4 Å². The zero-order chi connectivity index (χ0) is 21.8. The van der Waals surface area contributed by atoms with Gasteiger partial charge in [-0.2, -0.15) is 0 Å². The summed E-state index contributed by atoms with van der Waals surface area (Å²) < 4.78 is 7.43. The molecule has 0 aliphatic rings. The molecule has 0 saturated carbocycles. The van der Waals surface area contributed by atoms with Crippen molar-refractivity contribution in [3.8, 4) is 5.75 Å². The van der Waals surface area contributed by atoms with E-state index in [1.54, 1.807) is 25.2 Å². The van der Waals surface area contributed by atoms with E-state index in [1.165, 1.54) is 4.90 Å². The van der Waals surface area contributed by atoms with Crippen LogP contribution in [0.5, 0.6) is 5.75 Å². The average Bonchev–Trinajstić information content (AvgIpc) is 2.99. The number of aromatic nitrogens is 1. The molecule has 1 heterocycles. The van der Waals surface area contributed by atoms with Crippen molar-refractivity contribution in [2.45, 2.75) is 39.3 Å². The van der Waals surface area contributed by atoms with Crippen molar-refractivity contribution in [3.63, 3.8) is 0 Å². The lowest BCUT2D eigenvalue weighted by atomic mass is 10.1. The summed E-state index contributed by atoms with van der Waals surface area (Å²) in [4.78, 5) is 27.7. The monoisotopic (exact) mass is 408 g/mol. The molecule has 6 nitrogen and oxygen atoms in total. The molecule has 0 radical (unpaired) electrons. The third kappa shape index (κ3) is 4.17. The number of hydrogen-bond donors (Lipinski definition) is 1. The third-order valence-electron chi connectivity index (χ3n) is 5.54. The number of carbonyl (C=O) groups excluding carboxylic acids is 2. The first-order valence-electron chi connectivity index (χ1n) is 10.1. The maximum absolute atomic E-state index is 13.4. The minimum Gasteiger partial charge on any atom is -0.508 e. The van der Waals surface area contributed by atoms with E-state index in [-0.39, 0.29) is 18.3 Å². The van der Waals surface area contributed by atoms with E-state index in [1.807, 2.05) is 55.8 Å². The Bertz CT molecular complexity index is 1060. The molecule has 1 amide bonds. The average molecular weight is 408 g/mol. The molecule has 6 heteroatoms. The Morgan fingerprint density at radius 1 is 1.17 bits per heavy atom. The van der Waals surface area contributed by atoms with E-state index in [0.29, 0.717) is 17.4 Å². The number of likely N-dealkylation sites (N-methyl/N-ethyl adjacent to an activating group) is 1. The van der Waals surface area contributed by atoms with Gasteiger partial charge in [-0.1, -0.05) is 43.7 Å². The summed E-state index contributed by atoms with van der Waals surface area (Å²) in [6.45, 7) is 4.00. The van der Waals surface area contributed by atoms with Crippen LogP contribution in [0.15, 0.2) is 48.5 Å². The van der Waals surface area contributed by atoms with Crippen LogP contribution in [0.1, 0.15) is 41.4 Å². The van der Waals surface area contributed by atoms with Crippen LogP contribution in [0.25, 0.3) is 10.9 Å². The molecule has 1 N–H and O–H groups in total. The van der Waals surface area contributed by atoms with Gasteiger partial charge in [0.05, 0.1) is 5.56 Å². The third-order valence-corrected chi connectivity index (χ3v) is 5.54. The quantitative estimate of drug-likeness (QED) is 0.596. The normalized spacial score (nSPS) is 12.0. The first-order valence-corrected chi connectivity index (χ1v) is 10.1. The van der Waals surface area contributed by atoms with Crippen LogP contribution < -0.4 is 0 Å². The first kappa shape index (κ1) is 21.4. The Hall–Kier alpha value is -3.28. The number of ether oxygens (including phenoxy) is 1. The van der Waals surface area contributed by atoms with Crippen molar-refractivity contribution in [3.05, 3.63) is 65.4 Å². The second kappa shape index (κ2) is 9.03. The SMILES string of the molecule is CCC[C@@H](C(=O)OCc1ccccc1)N(C)C(=O)c1c(C)n(C)c2ccc(O)cc12. The van der Waals surface area contributed by atoms with Crippen LogP contribution in [-0.4, -0.2) is 39.5 Å². The Morgan fingerprint density at radius 2 is 1.87 bits per heavy atom. The molecule has 1 aromatic heterocycles. The van der Waals surface area contributed by atoms with Crippen molar-refractivity contribution >= 4 is 22.8 Å². The summed E-state index contributed by atoms with van der Waals surface area (Å²) in [7, 11) is 3.51. The molecule has 0 saturated heterocycles. The van der Waals surface area contributed by atoms with Gasteiger partial charge >= 0.3 is 5.97 Å². The van der Waals surface area contributed by atoms with Crippen molar-refractivity contribution in [2.24, 2.45) is 7.05 Å². The lowest BCUT2D eigenvalue weighted by molar-refractivity contribution is -0.150. The number of phenols is 1. The highest BCUT2D eigenvalue weighted by Gasteiger charge is 2.31. The fourth-order valence-electron chi connectivity index (χ4n) is 3.72. The van der Waals surface area contributed by atoms with Crippen LogP contribution in [-0.2, 0) is 23.2 Å². The van der Waals surface area contributed by atoms with E-state index in [9.17, 15) is 14.7 Å². The fourth-order valence-corrected chi connectivity index (χ4v) is 3.72. The highest BCUT2D eigenvalue weighted by molar-refractivity contribution is 6.09. The number of rotatable bonds is 7. The number of fused-ring (bicyclic) bond motifs is 1. The standard InChI is InChI=1S/C24H28N2O4/c1-5-9-21(24(29)30-15-17-10-7-6-8-11-17)26(4)23(28)22-16(2)25(3)20-13-12-18(27)14-19(20)22/h6-8,10-14,21,27H,5,9,15H2,1-4H3/t21-/m0/s1. The van der Waals surface area contributed by atoms with Gasteiger partial charge < -0.3 is 19.3 Å². The Morgan fingerprint density at radius 3 is 2.53 bits per heavy atom. The molecular weight excluding hydrogens is 380 g/mol. The molecule has 0 spiro atoms. The molecule has 0 bridgehead atoms. The van der Waals surface area contributed by atoms with Crippen LogP contribution in [0.4, 0.5) is 0 Å². The van der Waals surface area contributed by atoms with Crippen LogP contribution in [0.3, 0.4) is 0 Å². The molecule has 1 atom stereocenters.